The molecule has 2 amide bonds. The lowest BCUT2D eigenvalue weighted by atomic mass is 10.2. The van der Waals surface area contributed by atoms with Crippen LogP contribution in [0.4, 0.5) is 15.5 Å². The number of hydrogen-bond acceptors (Lipinski definition) is 4. The number of anilines is 2. The fourth-order valence-electron chi connectivity index (χ4n) is 1.52. The third kappa shape index (κ3) is 3.51. The van der Waals surface area contributed by atoms with E-state index in [4.69, 9.17) is 22.0 Å². The number of nitrogens with zero attached hydrogens (tertiary/aromatic N) is 1. The fourth-order valence-corrected chi connectivity index (χ4v) is 2.46. The average molecular weight is 322 g/mol. The van der Waals surface area contributed by atoms with Gasteiger partial charge in [-0.2, -0.15) is 5.26 Å². The van der Waals surface area contributed by atoms with Crippen molar-refractivity contribution >= 4 is 45.6 Å². The Morgan fingerprint density at radius 2 is 2.05 bits per heavy atom. The van der Waals surface area contributed by atoms with Gasteiger partial charge in [0, 0.05) is 0 Å². The predicted octanol–water partition coefficient (Wildman–Crippen LogP) is 3.62. The molecule has 6 nitrogen and oxygen atoms in total. The number of carboxylic acid groups (broad SMARTS) is 1. The molecule has 1 aromatic heterocycles. The van der Waals surface area contributed by atoms with E-state index in [1.807, 2.05) is 6.07 Å². The summed E-state index contributed by atoms with van der Waals surface area (Å²) < 4.78 is 0. The van der Waals surface area contributed by atoms with Crippen LogP contribution in [0.5, 0.6) is 0 Å². The minimum atomic E-state index is -1.13. The average Bonchev–Trinajstić information content (AvgIpc) is 2.89. The predicted molar refractivity (Wildman–Crippen MR) is 80.1 cm³/mol. The van der Waals surface area contributed by atoms with Crippen LogP contribution in [0.25, 0.3) is 0 Å². The van der Waals surface area contributed by atoms with Gasteiger partial charge in [0.1, 0.15) is 5.00 Å². The van der Waals surface area contributed by atoms with Crippen LogP contribution in [0.2, 0.25) is 5.02 Å². The number of aromatic carboxylic acids is 1. The normalized spacial score (nSPS) is 9.71. The van der Waals surface area contributed by atoms with Crippen LogP contribution in [0.1, 0.15) is 15.9 Å². The van der Waals surface area contributed by atoms with E-state index in [0.717, 1.165) is 11.3 Å². The lowest BCUT2D eigenvalue weighted by Crippen LogP contribution is -2.20. The monoisotopic (exact) mass is 321 g/mol. The largest absolute Gasteiger partial charge is 0.478 e. The molecule has 21 heavy (non-hydrogen) atoms. The number of nitriles is 1. The molecule has 3 N–H and O–H groups in total. The number of amides is 2. The highest BCUT2D eigenvalue weighted by atomic mass is 35.5. The van der Waals surface area contributed by atoms with Gasteiger partial charge in [-0.15, -0.1) is 11.3 Å². The number of halogens is 1. The summed E-state index contributed by atoms with van der Waals surface area (Å²) >= 11 is 7.01. The molecule has 0 spiro atoms. The lowest BCUT2D eigenvalue weighted by Gasteiger charge is -2.08. The molecule has 8 heteroatoms. The van der Waals surface area contributed by atoms with Crippen molar-refractivity contribution in [3.8, 4) is 6.07 Å². The highest BCUT2D eigenvalue weighted by Crippen LogP contribution is 2.25. The van der Waals surface area contributed by atoms with E-state index >= 15 is 0 Å². The Bertz CT molecular complexity index is 751. The van der Waals surface area contributed by atoms with Crippen LogP contribution in [0.15, 0.2) is 29.6 Å². The van der Waals surface area contributed by atoms with Gasteiger partial charge in [0.05, 0.1) is 27.9 Å². The van der Waals surface area contributed by atoms with Crippen molar-refractivity contribution in [1.29, 1.82) is 5.26 Å². The molecule has 1 heterocycles. The first-order valence-corrected chi connectivity index (χ1v) is 6.85. The van der Waals surface area contributed by atoms with Crippen molar-refractivity contribution in [2.45, 2.75) is 0 Å². The lowest BCUT2D eigenvalue weighted by molar-refractivity contribution is 0.0698. The van der Waals surface area contributed by atoms with E-state index in [-0.39, 0.29) is 21.3 Å². The molecule has 106 valence electrons. The maximum absolute atomic E-state index is 11.9. The molecule has 0 unspecified atom stereocenters. The van der Waals surface area contributed by atoms with Crippen LogP contribution < -0.4 is 10.6 Å². The number of thiophene rings is 1. The van der Waals surface area contributed by atoms with Gasteiger partial charge in [0.25, 0.3) is 0 Å². The summed E-state index contributed by atoms with van der Waals surface area (Å²) in [6, 6.07) is 7.12. The topological polar surface area (TPSA) is 102 Å². The molecule has 0 bridgehead atoms. The van der Waals surface area contributed by atoms with Gasteiger partial charge in [-0.3, -0.25) is 5.32 Å². The smallest absolute Gasteiger partial charge is 0.338 e. The maximum atomic E-state index is 11.9. The Morgan fingerprint density at radius 1 is 1.29 bits per heavy atom. The number of nitrogens with one attached hydrogen (secondary N) is 2. The number of hydrogen-bond donors (Lipinski definition) is 3. The quantitative estimate of drug-likeness (QED) is 0.803. The van der Waals surface area contributed by atoms with Crippen molar-refractivity contribution in [2.24, 2.45) is 0 Å². The van der Waals surface area contributed by atoms with E-state index in [2.05, 4.69) is 10.6 Å². The van der Waals surface area contributed by atoms with Gasteiger partial charge in [-0.1, -0.05) is 11.6 Å². The Morgan fingerprint density at radius 3 is 2.71 bits per heavy atom. The van der Waals surface area contributed by atoms with E-state index in [0.29, 0.717) is 5.56 Å². The van der Waals surface area contributed by atoms with Gasteiger partial charge < -0.3 is 10.4 Å². The van der Waals surface area contributed by atoms with E-state index in [9.17, 15) is 9.59 Å². The number of carboxylic acids is 1. The Hall–Kier alpha value is -2.56. The molecule has 2 rings (SSSR count). The highest BCUT2D eigenvalue weighted by Gasteiger charge is 2.14. The molecule has 1 aromatic carbocycles. The first kappa shape index (κ1) is 14.8. The molecule has 0 saturated carbocycles. The van der Waals surface area contributed by atoms with E-state index in [1.165, 1.54) is 24.3 Å². The zero-order valence-corrected chi connectivity index (χ0v) is 12.0. The third-order valence-electron chi connectivity index (χ3n) is 2.47. The molecular weight excluding hydrogens is 314 g/mol. The molecule has 2 aromatic rings. The summed E-state index contributed by atoms with van der Waals surface area (Å²) in [6.45, 7) is 0. The summed E-state index contributed by atoms with van der Waals surface area (Å²) in [7, 11) is 0. The second-order valence-corrected chi connectivity index (χ2v) is 5.18. The van der Waals surface area contributed by atoms with E-state index in [1.54, 1.807) is 5.38 Å². The standard InChI is InChI=1S/C13H8ClN3O3S/c14-9-2-1-7(6-15)5-10(9)16-13(20)17-11-8(12(18)19)3-4-21-11/h1-5H,(H,18,19)(H2,16,17,20). The molecule has 0 aliphatic carbocycles. The maximum Gasteiger partial charge on any atom is 0.338 e. The number of carbonyl (C=O) groups excluding carboxylic acids is 1. The van der Waals surface area contributed by atoms with Crippen LogP contribution in [0, 0.1) is 11.3 Å². The third-order valence-corrected chi connectivity index (χ3v) is 3.63. The van der Waals surface area contributed by atoms with Crippen molar-refractivity contribution in [1.82, 2.24) is 0 Å². The second kappa shape index (κ2) is 6.26. The molecule has 0 atom stereocenters. The van der Waals surface area contributed by atoms with Crippen LogP contribution in [-0.2, 0) is 0 Å². The Kier molecular flexibility index (Phi) is 4.42. The summed E-state index contributed by atoms with van der Waals surface area (Å²) in [6.07, 6.45) is 0. The molecule has 0 radical (unpaired) electrons. The zero-order chi connectivity index (χ0) is 15.4. The van der Waals surface area contributed by atoms with E-state index < -0.39 is 12.0 Å². The summed E-state index contributed by atoms with van der Waals surface area (Å²) in [5.74, 6) is -1.13. The fraction of sp³-hybridized carbons (Fsp3) is 0. The summed E-state index contributed by atoms with van der Waals surface area (Å²) in [5.41, 5.74) is 0.616. The first-order valence-electron chi connectivity index (χ1n) is 5.59. The Labute approximate surface area is 128 Å². The van der Waals surface area contributed by atoms with Gasteiger partial charge in [0.2, 0.25) is 0 Å². The van der Waals surface area contributed by atoms with Crippen molar-refractivity contribution in [3.63, 3.8) is 0 Å². The van der Waals surface area contributed by atoms with Crippen molar-refractivity contribution in [3.05, 3.63) is 45.8 Å². The molecule has 0 fully saturated rings. The number of rotatable bonds is 3. The van der Waals surface area contributed by atoms with Gasteiger partial charge in [-0.05, 0) is 29.6 Å². The molecule has 0 aliphatic heterocycles. The molecule has 0 saturated heterocycles. The minimum Gasteiger partial charge on any atom is -0.478 e. The second-order valence-electron chi connectivity index (χ2n) is 3.85. The van der Waals surface area contributed by atoms with Crippen molar-refractivity contribution in [2.75, 3.05) is 10.6 Å². The SMILES string of the molecule is N#Cc1ccc(Cl)c(NC(=O)Nc2sccc2C(=O)O)c1. The molecule has 0 aliphatic rings. The van der Waals surface area contributed by atoms with Gasteiger partial charge in [-0.25, -0.2) is 9.59 Å². The minimum absolute atomic E-state index is 0.00650. The van der Waals surface area contributed by atoms with Gasteiger partial charge in [0.15, 0.2) is 0 Å². The van der Waals surface area contributed by atoms with Gasteiger partial charge >= 0.3 is 12.0 Å². The number of carbonyl (C=O) groups is 2. The summed E-state index contributed by atoms with van der Waals surface area (Å²) in [4.78, 5) is 22.8. The number of urea groups is 1. The van der Waals surface area contributed by atoms with Crippen LogP contribution >= 0.6 is 22.9 Å². The first-order chi connectivity index (χ1) is 10.0. The van der Waals surface area contributed by atoms with Crippen LogP contribution in [-0.4, -0.2) is 17.1 Å². The molecular formula is C13H8ClN3O3S. The Balaban J connectivity index is 2.14. The zero-order valence-electron chi connectivity index (χ0n) is 10.4. The summed E-state index contributed by atoms with van der Waals surface area (Å²) in [5, 5.41) is 24.7. The number of benzene rings is 1. The van der Waals surface area contributed by atoms with Crippen molar-refractivity contribution < 1.29 is 14.7 Å². The highest BCUT2D eigenvalue weighted by molar-refractivity contribution is 7.14. The van der Waals surface area contributed by atoms with Crippen LogP contribution in [0.3, 0.4) is 0 Å².